The highest BCUT2D eigenvalue weighted by Crippen LogP contribution is 2.42. The van der Waals surface area contributed by atoms with Crippen molar-refractivity contribution in [2.75, 3.05) is 7.11 Å². The van der Waals surface area contributed by atoms with Gasteiger partial charge in [0, 0.05) is 12.7 Å². The van der Waals surface area contributed by atoms with Crippen molar-refractivity contribution >= 4 is 31.6 Å². The molecule has 1 aliphatic rings. The minimum atomic E-state index is -2.25. The summed E-state index contributed by atoms with van der Waals surface area (Å²) in [5.74, 6) is -0.0585. The van der Waals surface area contributed by atoms with E-state index < -0.39 is 32.9 Å². The summed E-state index contributed by atoms with van der Waals surface area (Å²) in [6.45, 7) is 10.7. The zero-order chi connectivity index (χ0) is 25.4. The third kappa shape index (κ3) is 4.83. The van der Waals surface area contributed by atoms with E-state index in [2.05, 4.69) is 48.8 Å². The molecule has 2 aromatic heterocycles. The van der Waals surface area contributed by atoms with E-state index in [9.17, 15) is 9.59 Å². The maximum Gasteiger partial charge on any atom is 0.192 e. The first kappa shape index (κ1) is 25.3. The highest BCUT2D eigenvalue weighted by molar-refractivity contribution is 6.74. The molecule has 1 saturated heterocycles. The third-order valence-electron chi connectivity index (χ3n) is 7.00. The number of Topliss-reactive ketones (excluding diaryl/α,β-unsaturated/α-hetero) is 1. The van der Waals surface area contributed by atoms with Crippen LogP contribution in [0.5, 0.6) is 0 Å². The molecular weight excluding hydrogens is 464 g/mol. The lowest BCUT2D eigenvalue weighted by Gasteiger charge is -2.40. The maximum atomic E-state index is 12.8. The first-order chi connectivity index (χ1) is 16.6. The van der Waals surface area contributed by atoms with Crippen LogP contribution in [0.1, 0.15) is 43.1 Å². The molecular formula is C25H32N4O5Si. The second-order valence-electron chi connectivity index (χ2n) is 10.3. The minimum absolute atomic E-state index is 0.0563. The summed E-state index contributed by atoms with van der Waals surface area (Å²) in [6.07, 6.45) is 1.25. The van der Waals surface area contributed by atoms with E-state index in [0.29, 0.717) is 22.4 Å². The zero-order valence-corrected chi connectivity index (χ0v) is 22.0. The number of nitrogens with zero attached hydrogens (tertiary/aromatic N) is 4. The van der Waals surface area contributed by atoms with Crippen LogP contribution < -0.4 is 0 Å². The summed E-state index contributed by atoms with van der Waals surface area (Å²) in [4.78, 5) is 37.9. The molecule has 9 nitrogen and oxygen atoms in total. The van der Waals surface area contributed by atoms with Crippen molar-refractivity contribution in [2.24, 2.45) is 0 Å². The van der Waals surface area contributed by atoms with E-state index in [1.165, 1.54) is 6.33 Å². The summed E-state index contributed by atoms with van der Waals surface area (Å²) in [6, 6.07) is 9.07. The molecule has 35 heavy (non-hydrogen) atoms. The molecule has 0 radical (unpaired) electrons. The first-order valence-corrected chi connectivity index (χ1v) is 14.5. The topological polar surface area (TPSA) is 105 Å². The Morgan fingerprint density at radius 3 is 2.49 bits per heavy atom. The van der Waals surface area contributed by atoms with E-state index in [1.54, 1.807) is 30.1 Å². The number of ether oxygens (including phenoxy) is 2. The fraction of sp³-hybridized carbons (Fsp3) is 0.480. The number of aldehydes is 1. The Kier molecular flexibility index (Phi) is 7.01. The van der Waals surface area contributed by atoms with Gasteiger partial charge in [0.15, 0.2) is 32.3 Å². The quantitative estimate of drug-likeness (QED) is 0.264. The standard InChI is InChI=1S/C25H32N4O5Si/c1-25(2,3)35(5,6)34-22-21(32-4)19(13-30)33-24(22)29-15-28-20-17(26-14-27-23(20)29)12-18(31)16-10-8-7-9-11-16/h7-11,13-15,19,21-22,24H,12H2,1-6H3/t19-,21-,22-,24-/m1/s1. The van der Waals surface area contributed by atoms with E-state index in [0.717, 1.165) is 6.29 Å². The predicted molar refractivity (Wildman–Crippen MR) is 133 cm³/mol. The molecule has 1 aromatic carbocycles. The van der Waals surface area contributed by atoms with Gasteiger partial charge in [-0.05, 0) is 18.1 Å². The van der Waals surface area contributed by atoms with Crippen LogP contribution >= 0.6 is 0 Å². The smallest absolute Gasteiger partial charge is 0.192 e. The fourth-order valence-electron chi connectivity index (χ4n) is 4.00. The van der Waals surface area contributed by atoms with Crippen molar-refractivity contribution in [3.63, 3.8) is 0 Å². The Hall–Kier alpha value is -2.79. The van der Waals surface area contributed by atoms with E-state index in [4.69, 9.17) is 13.9 Å². The average Bonchev–Trinajstić information content (AvgIpc) is 3.40. The molecule has 0 unspecified atom stereocenters. The number of hydrogen-bond acceptors (Lipinski definition) is 8. The molecule has 3 aromatic rings. The second-order valence-corrected chi connectivity index (χ2v) is 15.0. The minimum Gasteiger partial charge on any atom is -0.407 e. The van der Waals surface area contributed by atoms with Crippen molar-refractivity contribution in [1.82, 2.24) is 19.5 Å². The Labute approximate surface area is 206 Å². The zero-order valence-electron chi connectivity index (χ0n) is 21.0. The second kappa shape index (κ2) is 9.69. The molecule has 4 rings (SSSR count). The summed E-state index contributed by atoms with van der Waals surface area (Å²) in [5, 5.41) is -0.0563. The number of fused-ring (bicyclic) bond motifs is 1. The molecule has 3 heterocycles. The molecule has 1 aliphatic heterocycles. The maximum absolute atomic E-state index is 12.8. The van der Waals surface area contributed by atoms with Gasteiger partial charge in [-0.1, -0.05) is 51.1 Å². The van der Waals surface area contributed by atoms with Gasteiger partial charge < -0.3 is 18.7 Å². The van der Waals surface area contributed by atoms with Crippen LogP contribution in [0.3, 0.4) is 0 Å². The Morgan fingerprint density at radius 1 is 1.14 bits per heavy atom. The van der Waals surface area contributed by atoms with Gasteiger partial charge in [0.1, 0.15) is 30.2 Å². The van der Waals surface area contributed by atoms with Gasteiger partial charge >= 0.3 is 0 Å². The van der Waals surface area contributed by atoms with Gasteiger partial charge in [-0.15, -0.1) is 0 Å². The van der Waals surface area contributed by atoms with Gasteiger partial charge in [0.2, 0.25) is 0 Å². The SMILES string of the molecule is CO[C@H]1[C@@H](O[Si](C)(C)C(C)(C)C)[C@H](n2cnc3c(CC(=O)c4ccccc4)ncnc32)O[C@@H]1C=O. The normalized spacial score (nSPS) is 23.0. The monoisotopic (exact) mass is 496 g/mol. The number of ketones is 1. The van der Waals surface area contributed by atoms with Gasteiger partial charge in [-0.2, -0.15) is 0 Å². The largest absolute Gasteiger partial charge is 0.407 e. The molecule has 0 saturated carbocycles. The van der Waals surface area contributed by atoms with Crippen LogP contribution in [0.2, 0.25) is 18.1 Å². The summed E-state index contributed by atoms with van der Waals surface area (Å²) < 4.78 is 20.3. The lowest BCUT2D eigenvalue weighted by molar-refractivity contribution is -0.123. The van der Waals surface area contributed by atoms with Crippen LogP contribution in [-0.4, -0.2) is 65.3 Å². The Balaban J connectivity index is 1.70. The van der Waals surface area contributed by atoms with E-state index >= 15 is 0 Å². The molecule has 0 amide bonds. The van der Waals surface area contributed by atoms with E-state index in [1.807, 2.05) is 18.2 Å². The highest BCUT2D eigenvalue weighted by Gasteiger charge is 2.51. The molecule has 4 atom stereocenters. The molecule has 0 spiro atoms. The molecule has 0 N–H and O–H groups in total. The third-order valence-corrected chi connectivity index (χ3v) is 11.5. The number of imidazole rings is 1. The fourth-order valence-corrected chi connectivity index (χ4v) is 5.29. The van der Waals surface area contributed by atoms with Crippen molar-refractivity contribution in [1.29, 1.82) is 0 Å². The lowest BCUT2D eigenvalue weighted by Crippen LogP contribution is -2.49. The van der Waals surface area contributed by atoms with Crippen molar-refractivity contribution < 1.29 is 23.5 Å². The van der Waals surface area contributed by atoms with Crippen molar-refractivity contribution in [2.45, 2.75) is 69.9 Å². The average molecular weight is 497 g/mol. The number of carbonyl (C=O) groups is 2. The van der Waals surface area contributed by atoms with Crippen LogP contribution in [0.15, 0.2) is 43.0 Å². The number of aromatic nitrogens is 4. The van der Waals surface area contributed by atoms with Crippen LogP contribution in [-0.2, 0) is 25.1 Å². The molecule has 1 fully saturated rings. The van der Waals surface area contributed by atoms with Crippen LogP contribution in [0, 0.1) is 0 Å². The highest BCUT2D eigenvalue weighted by atomic mass is 28.4. The lowest BCUT2D eigenvalue weighted by atomic mass is 10.1. The van der Waals surface area contributed by atoms with Crippen LogP contribution in [0.4, 0.5) is 0 Å². The molecule has 186 valence electrons. The van der Waals surface area contributed by atoms with Gasteiger partial charge in [-0.3, -0.25) is 9.36 Å². The van der Waals surface area contributed by atoms with Crippen LogP contribution in [0.25, 0.3) is 11.2 Å². The van der Waals surface area contributed by atoms with Crippen molar-refractivity contribution in [3.8, 4) is 0 Å². The van der Waals surface area contributed by atoms with Gasteiger partial charge in [0.05, 0.1) is 18.4 Å². The summed E-state index contributed by atoms with van der Waals surface area (Å²) in [7, 11) is -0.697. The number of carbonyl (C=O) groups excluding carboxylic acids is 2. The van der Waals surface area contributed by atoms with Gasteiger partial charge in [0.25, 0.3) is 0 Å². The summed E-state index contributed by atoms with van der Waals surface area (Å²) in [5.41, 5.74) is 2.15. The predicted octanol–water partition coefficient (Wildman–Crippen LogP) is 3.75. The number of rotatable bonds is 8. The van der Waals surface area contributed by atoms with E-state index in [-0.39, 0.29) is 17.2 Å². The summed E-state index contributed by atoms with van der Waals surface area (Å²) >= 11 is 0. The van der Waals surface area contributed by atoms with Gasteiger partial charge in [-0.25, -0.2) is 15.0 Å². The number of methoxy groups -OCH3 is 1. The Bertz CT molecular complexity index is 1210. The Morgan fingerprint density at radius 2 is 1.86 bits per heavy atom. The molecule has 0 bridgehead atoms. The number of hydrogen-bond donors (Lipinski definition) is 0. The van der Waals surface area contributed by atoms with Crippen molar-refractivity contribution in [3.05, 3.63) is 54.2 Å². The molecule has 10 heteroatoms. The number of benzene rings is 1. The first-order valence-electron chi connectivity index (χ1n) is 11.6. The molecule has 0 aliphatic carbocycles.